The smallest absolute Gasteiger partial charge is 0.255 e. The highest BCUT2D eigenvalue weighted by atomic mass is 35.5. The average Bonchev–Trinajstić information content (AvgIpc) is 3.25. The number of benzene rings is 1. The number of aromatic nitrogens is 4. The lowest BCUT2D eigenvalue weighted by Crippen LogP contribution is -2.38. The summed E-state index contributed by atoms with van der Waals surface area (Å²) in [7, 11) is 0. The molecular formula is C16H14ClN5OS. The predicted octanol–water partition coefficient (Wildman–Crippen LogP) is 3.02. The van der Waals surface area contributed by atoms with Crippen LogP contribution >= 0.6 is 22.9 Å². The van der Waals surface area contributed by atoms with Gasteiger partial charge in [-0.15, -0.1) is 21.5 Å². The number of thiazole rings is 1. The number of aryl methyl sites for hydroxylation is 1. The summed E-state index contributed by atoms with van der Waals surface area (Å²) in [6, 6.07) is 5.50. The third-order valence-corrected chi connectivity index (χ3v) is 5.21. The minimum absolute atomic E-state index is 0.0758. The van der Waals surface area contributed by atoms with Crippen LogP contribution in [0.5, 0.6) is 0 Å². The lowest BCUT2D eigenvalue weighted by molar-refractivity contribution is 0.0708. The monoisotopic (exact) mass is 359 g/mol. The van der Waals surface area contributed by atoms with Crippen LogP contribution in [-0.4, -0.2) is 37.1 Å². The lowest BCUT2D eigenvalue weighted by Gasteiger charge is -2.28. The van der Waals surface area contributed by atoms with Gasteiger partial charge in [0.2, 0.25) is 0 Å². The summed E-state index contributed by atoms with van der Waals surface area (Å²) in [6.45, 7) is 3.54. The van der Waals surface area contributed by atoms with Crippen LogP contribution in [-0.2, 0) is 13.1 Å². The largest absolute Gasteiger partial charge is 0.329 e. The summed E-state index contributed by atoms with van der Waals surface area (Å²) < 4.78 is 2.02. The van der Waals surface area contributed by atoms with Crippen molar-refractivity contribution in [3.63, 3.8) is 0 Å². The van der Waals surface area contributed by atoms with Crippen LogP contribution in [0.1, 0.15) is 21.7 Å². The molecule has 0 saturated carbocycles. The maximum atomic E-state index is 12.8. The Morgan fingerprint density at radius 2 is 2.17 bits per heavy atom. The SMILES string of the molecule is Cc1cccc(C(=O)N2CCn3c(nnc3-c3cscn3)C2)c1Cl. The minimum Gasteiger partial charge on any atom is -0.329 e. The first-order valence-corrected chi connectivity index (χ1v) is 8.82. The molecule has 0 fully saturated rings. The summed E-state index contributed by atoms with van der Waals surface area (Å²) in [5, 5.41) is 10.9. The summed E-state index contributed by atoms with van der Waals surface area (Å²) >= 11 is 7.81. The Bertz CT molecular complexity index is 905. The summed E-state index contributed by atoms with van der Waals surface area (Å²) in [5.41, 5.74) is 4.02. The van der Waals surface area contributed by atoms with Crippen LogP contribution in [0.25, 0.3) is 11.5 Å². The molecule has 122 valence electrons. The topological polar surface area (TPSA) is 63.9 Å². The molecule has 0 unspecified atom stereocenters. The van der Waals surface area contributed by atoms with E-state index in [1.165, 1.54) is 11.3 Å². The number of fused-ring (bicyclic) bond motifs is 1. The zero-order valence-electron chi connectivity index (χ0n) is 12.9. The number of nitrogens with zero attached hydrogens (tertiary/aromatic N) is 5. The molecule has 0 spiro atoms. The maximum Gasteiger partial charge on any atom is 0.255 e. The Kier molecular flexibility index (Phi) is 3.82. The number of carbonyl (C=O) groups excluding carboxylic acids is 1. The van der Waals surface area contributed by atoms with Gasteiger partial charge in [0.05, 0.1) is 22.6 Å². The van der Waals surface area contributed by atoms with E-state index in [1.54, 1.807) is 16.5 Å². The van der Waals surface area contributed by atoms with Crippen molar-refractivity contribution in [1.82, 2.24) is 24.6 Å². The third-order valence-electron chi connectivity index (χ3n) is 4.12. The normalized spacial score (nSPS) is 13.8. The highest BCUT2D eigenvalue weighted by molar-refractivity contribution is 7.07. The summed E-state index contributed by atoms with van der Waals surface area (Å²) in [4.78, 5) is 18.8. The van der Waals surface area contributed by atoms with E-state index in [0.29, 0.717) is 30.2 Å². The van der Waals surface area contributed by atoms with E-state index in [2.05, 4.69) is 15.2 Å². The van der Waals surface area contributed by atoms with E-state index in [0.717, 1.165) is 22.9 Å². The molecule has 1 aliphatic rings. The van der Waals surface area contributed by atoms with Crippen molar-refractivity contribution in [3.8, 4) is 11.5 Å². The van der Waals surface area contributed by atoms with E-state index in [4.69, 9.17) is 11.6 Å². The van der Waals surface area contributed by atoms with Crippen LogP contribution in [0.15, 0.2) is 29.1 Å². The molecule has 3 heterocycles. The molecule has 24 heavy (non-hydrogen) atoms. The van der Waals surface area contributed by atoms with Gasteiger partial charge in [-0.1, -0.05) is 23.7 Å². The zero-order valence-corrected chi connectivity index (χ0v) is 14.5. The van der Waals surface area contributed by atoms with Crippen molar-refractivity contribution in [1.29, 1.82) is 0 Å². The van der Waals surface area contributed by atoms with Crippen molar-refractivity contribution in [2.45, 2.75) is 20.0 Å². The maximum absolute atomic E-state index is 12.8. The predicted molar refractivity (Wildman–Crippen MR) is 92.1 cm³/mol. The Morgan fingerprint density at radius 1 is 1.29 bits per heavy atom. The first-order chi connectivity index (χ1) is 11.6. The van der Waals surface area contributed by atoms with Crippen molar-refractivity contribution >= 4 is 28.8 Å². The molecule has 6 nitrogen and oxygen atoms in total. The van der Waals surface area contributed by atoms with E-state index < -0.39 is 0 Å². The molecule has 3 aromatic rings. The van der Waals surface area contributed by atoms with Gasteiger partial charge in [-0.25, -0.2) is 4.98 Å². The molecule has 4 rings (SSSR count). The van der Waals surface area contributed by atoms with Crippen LogP contribution in [0.3, 0.4) is 0 Å². The number of rotatable bonds is 2. The van der Waals surface area contributed by atoms with Gasteiger partial charge < -0.3 is 9.47 Å². The molecule has 2 aromatic heterocycles. The number of hydrogen-bond donors (Lipinski definition) is 0. The third kappa shape index (κ3) is 2.50. The Morgan fingerprint density at radius 3 is 2.96 bits per heavy atom. The molecule has 0 saturated heterocycles. The van der Waals surface area contributed by atoms with Crippen molar-refractivity contribution < 1.29 is 4.79 Å². The lowest BCUT2D eigenvalue weighted by atomic mass is 10.1. The fraction of sp³-hybridized carbons (Fsp3) is 0.250. The van der Waals surface area contributed by atoms with E-state index in [-0.39, 0.29) is 5.91 Å². The molecule has 0 N–H and O–H groups in total. The van der Waals surface area contributed by atoms with Gasteiger partial charge in [0, 0.05) is 18.5 Å². The van der Waals surface area contributed by atoms with Crippen molar-refractivity contribution in [3.05, 3.63) is 51.1 Å². The molecule has 8 heteroatoms. The summed E-state index contributed by atoms with van der Waals surface area (Å²) in [5.74, 6) is 1.45. The zero-order chi connectivity index (χ0) is 16.7. The van der Waals surface area contributed by atoms with Crippen LogP contribution in [0.4, 0.5) is 0 Å². The molecular weight excluding hydrogens is 346 g/mol. The second-order valence-corrected chi connectivity index (χ2v) is 6.72. The molecule has 0 aliphatic carbocycles. The fourth-order valence-electron chi connectivity index (χ4n) is 2.83. The highest BCUT2D eigenvalue weighted by Crippen LogP contribution is 2.25. The van der Waals surface area contributed by atoms with Crippen LogP contribution in [0, 0.1) is 6.92 Å². The van der Waals surface area contributed by atoms with Gasteiger partial charge in [0.25, 0.3) is 5.91 Å². The minimum atomic E-state index is -0.0758. The standard InChI is InChI=1S/C16H14ClN5OS/c1-10-3-2-4-11(14(10)17)16(23)21-5-6-22-13(7-21)19-20-15(22)12-8-24-9-18-12/h2-4,8-9H,5-7H2,1H3. The molecule has 1 aliphatic heterocycles. The van der Waals surface area contributed by atoms with Gasteiger partial charge in [-0.2, -0.15) is 0 Å². The number of amides is 1. The van der Waals surface area contributed by atoms with Crippen LogP contribution < -0.4 is 0 Å². The quantitative estimate of drug-likeness (QED) is 0.705. The Hall–Kier alpha value is -2.25. The second kappa shape index (κ2) is 5.99. The van der Waals surface area contributed by atoms with Crippen molar-refractivity contribution in [2.75, 3.05) is 6.54 Å². The molecule has 0 atom stereocenters. The molecule has 0 radical (unpaired) electrons. The van der Waals surface area contributed by atoms with E-state index >= 15 is 0 Å². The fourth-order valence-corrected chi connectivity index (χ4v) is 3.56. The van der Waals surface area contributed by atoms with E-state index in [1.807, 2.05) is 29.0 Å². The van der Waals surface area contributed by atoms with Gasteiger partial charge in [-0.3, -0.25) is 4.79 Å². The molecule has 1 aromatic carbocycles. The number of halogens is 1. The summed E-state index contributed by atoms with van der Waals surface area (Å²) in [6.07, 6.45) is 0. The molecule has 1 amide bonds. The Balaban J connectivity index is 1.61. The highest BCUT2D eigenvalue weighted by Gasteiger charge is 2.27. The van der Waals surface area contributed by atoms with Crippen molar-refractivity contribution in [2.24, 2.45) is 0 Å². The second-order valence-electron chi connectivity index (χ2n) is 5.63. The van der Waals surface area contributed by atoms with Gasteiger partial charge in [0.1, 0.15) is 5.69 Å². The number of hydrogen-bond acceptors (Lipinski definition) is 5. The Labute approximate surface area is 147 Å². The van der Waals surface area contributed by atoms with Gasteiger partial charge in [-0.05, 0) is 18.6 Å². The van der Waals surface area contributed by atoms with Gasteiger partial charge >= 0.3 is 0 Å². The van der Waals surface area contributed by atoms with Crippen LogP contribution in [0.2, 0.25) is 5.02 Å². The number of carbonyl (C=O) groups is 1. The first kappa shape index (κ1) is 15.3. The molecule has 0 bridgehead atoms. The van der Waals surface area contributed by atoms with Gasteiger partial charge in [0.15, 0.2) is 11.6 Å². The average molecular weight is 360 g/mol. The first-order valence-electron chi connectivity index (χ1n) is 7.50. The van der Waals surface area contributed by atoms with E-state index in [9.17, 15) is 4.79 Å².